The van der Waals surface area contributed by atoms with E-state index in [0.29, 0.717) is 11.0 Å². The highest BCUT2D eigenvalue weighted by Gasteiger charge is 2.34. The molecule has 0 aliphatic carbocycles. The van der Waals surface area contributed by atoms with Gasteiger partial charge in [-0.1, -0.05) is 26.7 Å². The maximum atomic E-state index is 10.2. The number of likely N-dealkylation sites (N-methyl/N-ethyl adjacent to an activating group) is 1. The SMILES string of the molecule is CCCCC(O)C(CC)[N+](C)(C)CC(O)CO. The molecule has 4 heteroatoms. The lowest BCUT2D eigenvalue weighted by Gasteiger charge is -2.41. The fourth-order valence-electron chi connectivity index (χ4n) is 2.57. The highest BCUT2D eigenvalue weighted by Crippen LogP contribution is 2.19. The number of hydrogen-bond donors (Lipinski definition) is 3. The normalized spacial score (nSPS) is 17.8. The summed E-state index contributed by atoms with van der Waals surface area (Å²) >= 11 is 0. The zero-order valence-electron chi connectivity index (χ0n) is 11.8. The Bertz CT molecular complexity index is 197. The predicted octanol–water partition coefficient (Wildman–Crippen LogP) is 0.746. The second kappa shape index (κ2) is 8.03. The van der Waals surface area contributed by atoms with Crippen LogP contribution in [0.5, 0.6) is 0 Å². The van der Waals surface area contributed by atoms with Crippen molar-refractivity contribution in [1.29, 1.82) is 0 Å². The van der Waals surface area contributed by atoms with Crippen LogP contribution in [0.25, 0.3) is 0 Å². The number of quaternary nitrogens is 1. The van der Waals surface area contributed by atoms with E-state index in [1.54, 1.807) is 0 Å². The third-order valence-corrected chi connectivity index (χ3v) is 3.51. The van der Waals surface area contributed by atoms with E-state index in [9.17, 15) is 10.2 Å². The topological polar surface area (TPSA) is 60.7 Å². The second-order valence-electron chi connectivity index (χ2n) is 5.48. The van der Waals surface area contributed by atoms with Crippen LogP contribution in [-0.2, 0) is 0 Å². The minimum absolute atomic E-state index is 0.114. The van der Waals surface area contributed by atoms with Crippen LogP contribution in [0.4, 0.5) is 0 Å². The van der Waals surface area contributed by atoms with Crippen molar-refractivity contribution in [1.82, 2.24) is 0 Å². The average molecular weight is 248 g/mol. The predicted molar refractivity (Wildman–Crippen MR) is 69.7 cm³/mol. The molecule has 3 atom stereocenters. The molecule has 0 aromatic rings. The van der Waals surface area contributed by atoms with Gasteiger partial charge in [0.05, 0.1) is 20.7 Å². The summed E-state index contributed by atoms with van der Waals surface area (Å²) in [5, 5.41) is 28.7. The summed E-state index contributed by atoms with van der Waals surface area (Å²) < 4.78 is 0.545. The van der Waals surface area contributed by atoms with Gasteiger partial charge in [0.25, 0.3) is 0 Å². The van der Waals surface area contributed by atoms with Gasteiger partial charge in [0.2, 0.25) is 0 Å². The van der Waals surface area contributed by atoms with E-state index < -0.39 is 6.10 Å². The molecule has 3 N–H and O–H groups in total. The number of aliphatic hydroxyl groups is 3. The standard InChI is InChI=1S/C13H30NO3/c1-5-7-8-13(17)12(6-2)14(3,4)9-11(16)10-15/h11-13,15-17H,5-10H2,1-4H3/q+1. The quantitative estimate of drug-likeness (QED) is 0.528. The van der Waals surface area contributed by atoms with Crippen LogP contribution in [0.1, 0.15) is 39.5 Å². The first-order chi connectivity index (χ1) is 7.88. The van der Waals surface area contributed by atoms with Gasteiger partial charge in [-0.05, 0) is 12.8 Å². The minimum atomic E-state index is -0.711. The highest BCUT2D eigenvalue weighted by molar-refractivity contribution is 4.69. The van der Waals surface area contributed by atoms with E-state index >= 15 is 0 Å². The molecule has 104 valence electrons. The van der Waals surface area contributed by atoms with Crippen molar-refractivity contribution in [2.75, 3.05) is 27.2 Å². The van der Waals surface area contributed by atoms with Crippen LogP contribution < -0.4 is 0 Å². The van der Waals surface area contributed by atoms with E-state index in [1.807, 2.05) is 14.1 Å². The Hall–Kier alpha value is -0.160. The Morgan fingerprint density at radius 1 is 1.12 bits per heavy atom. The van der Waals surface area contributed by atoms with Crippen molar-refractivity contribution >= 4 is 0 Å². The number of rotatable bonds is 9. The summed E-state index contributed by atoms with van der Waals surface area (Å²) in [5.74, 6) is 0. The van der Waals surface area contributed by atoms with E-state index in [-0.39, 0.29) is 18.8 Å². The minimum Gasteiger partial charge on any atom is -0.393 e. The van der Waals surface area contributed by atoms with Gasteiger partial charge in [-0.3, -0.25) is 0 Å². The maximum absolute atomic E-state index is 10.2. The fraction of sp³-hybridized carbons (Fsp3) is 1.00. The van der Waals surface area contributed by atoms with Crippen molar-refractivity contribution in [3.63, 3.8) is 0 Å². The molecule has 3 unspecified atom stereocenters. The lowest BCUT2D eigenvalue weighted by Crippen LogP contribution is -2.57. The Labute approximate surface area is 105 Å². The third kappa shape index (κ3) is 5.82. The van der Waals surface area contributed by atoms with Gasteiger partial charge in [-0.15, -0.1) is 0 Å². The molecule has 0 saturated carbocycles. The third-order valence-electron chi connectivity index (χ3n) is 3.51. The van der Waals surface area contributed by atoms with E-state index in [0.717, 1.165) is 25.7 Å². The van der Waals surface area contributed by atoms with Crippen LogP contribution >= 0.6 is 0 Å². The molecule has 0 aliphatic heterocycles. The van der Waals surface area contributed by atoms with Crippen molar-refractivity contribution in [2.24, 2.45) is 0 Å². The van der Waals surface area contributed by atoms with Crippen molar-refractivity contribution in [3.8, 4) is 0 Å². The molecule has 0 radical (unpaired) electrons. The molecular formula is C13H30NO3+. The van der Waals surface area contributed by atoms with Crippen LogP contribution in [-0.4, -0.2) is 65.3 Å². The molecule has 0 spiro atoms. The average Bonchev–Trinajstić information content (AvgIpc) is 2.25. The van der Waals surface area contributed by atoms with Crippen molar-refractivity contribution < 1.29 is 19.8 Å². The van der Waals surface area contributed by atoms with E-state index in [1.165, 1.54) is 0 Å². The van der Waals surface area contributed by atoms with Gasteiger partial charge >= 0.3 is 0 Å². The Balaban J connectivity index is 4.49. The van der Waals surface area contributed by atoms with Crippen molar-refractivity contribution in [2.45, 2.75) is 57.8 Å². The number of nitrogens with zero attached hydrogens (tertiary/aromatic N) is 1. The highest BCUT2D eigenvalue weighted by atomic mass is 16.3. The first-order valence-corrected chi connectivity index (χ1v) is 6.68. The molecule has 0 heterocycles. The monoisotopic (exact) mass is 248 g/mol. The van der Waals surface area contributed by atoms with Crippen LogP contribution in [0.15, 0.2) is 0 Å². The molecule has 0 amide bonds. The molecule has 0 fully saturated rings. The Morgan fingerprint density at radius 2 is 1.71 bits per heavy atom. The molecule has 0 aromatic carbocycles. The summed E-state index contributed by atoms with van der Waals surface area (Å²) in [5.41, 5.74) is 0. The fourth-order valence-corrected chi connectivity index (χ4v) is 2.57. The lowest BCUT2D eigenvalue weighted by atomic mass is 9.99. The van der Waals surface area contributed by atoms with Crippen LogP contribution in [0, 0.1) is 0 Å². The first-order valence-electron chi connectivity index (χ1n) is 6.68. The Kier molecular flexibility index (Phi) is 7.96. The smallest absolute Gasteiger partial charge is 0.126 e. The molecule has 0 rings (SSSR count). The lowest BCUT2D eigenvalue weighted by molar-refractivity contribution is -0.921. The summed E-state index contributed by atoms with van der Waals surface area (Å²) in [4.78, 5) is 0. The summed E-state index contributed by atoms with van der Waals surface area (Å²) in [7, 11) is 4.00. The number of unbranched alkanes of at least 4 members (excludes halogenated alkanes) is 1. The van der Waals surface area contributed by atoms with Crippen molar-refractivity contribution in [3.05, 3.63) is 0 Å². The second-order valence-corrected chi connectivity index (χ2v) is 5.48. The van der Waals surface area contributed by atoms with Crippen LogP contribution in [0.2, 0.25) is 0 Å². The largest absolute Gasteiger partial charge is 0.393 e. The first kappa shape index (κ1) is 16.8. The summed E-state index contributed by atoms with van der Waals surface area (Å²) in [6, 6.07) is 0.114. The molecule has 0 aromatic heterocycles. The van der Waals surface area contributed by atoms with Gasteiger partial charge in [0, 0.05) is 0 Å². The van der Waals surface area contributed by atoms with Gasteiger partial charge < -0.3 is 19.8 Å². The van der Waals surface area contributed by atoms with Crippen LogP contribution in [0.3, 0.4) is 0 Å². The maximum Gasteiger partial charge on any atom is 0.126 e. The molecule has 4 nitrogen and oxygen atoms in total. The van der Waals surface area contributed by atoms with Gasteiger partial charge in [0.1, 0.15) is 24.8 Å². The van der Waals surface area contributed by atoms with Gasteiger partial charge in [0.15, 0.2) is 0 Å². The summed E-state index contributed by atoms with van der Waals surface area (Å²) in [6.07, 6.45) is 2.75. The van der Waals surface area contributed by atoms with Gasteiger partial charge in [-0.2, -0.15) is 0 Å². The summed E-state index contributed by atoms with van der Waals surface area (Å²) in [6.45, 7) is 4.43. The molecule has 0 bridgehead atoms. The molecule has 0 aliphatic rings. The van der Waals surface area contributed by atoms with Gasteiger partial charge in [-0.25, -0.2) is 0 Å². The van der Waals surface area contributed by atoms with E-state index in [4.69, 9.17) is 5.11 Å². The Morgan fingerprint density at radius 3 is 2.12 bits per heavy atom. The number of aliphatic hydroxyl groups excluding tert-OH is 3. The number of hydrogen-bond acceptors (Lipinski definition) is 3. The zero-order valence-corrected chi connectivity index (χ0v) is 11.8. The molecular weight excluding hydrogens is 218 g/mol. The molecule has 0 saturated heterocycles. The zero-order chi connectivity index (χ0) is 13.5. The van der Waals surface area contributed by atoms with E-state index in [2.05, 4.69) is 13.8 Å². The molecule has 17 heavy (non-hydrogen) atoms.